The van der Waals surface area contributed by atoms with E-state index in [0.29, 0.717) is 41.2 Å². The quantitative estimate of drug-likeness (QED) is 0.115. The van der Waals surface area contributed by atoms with Gasteiger partial charge in [-0.3, -0.25) is 19.2 Å². The number of benzene rings is 2. The van der Waals surface area contributed by atoms with E-state index in [9.17, 15) is 27.6 Å². The van der Waals surface area contributed by atoms with Crippen LogP contribution >= 0.6 is 119 Å². The fourth-order valence-corrected chi connectivity index (χ4v) is 23.0. The van der Waals surface area contributed by atoms with Crippen LogP contribution in [0, 0.1) is 7.91 Å². The molecule has 0 saturated carbocycles. The highest BCUT2D eigenvalue weighted by molar-refractivity contribution is 8.87. The minimum absolute atomic E-state index is 0.112. The molecule has 0 unspecified atom stereocenters. The lowest BCUT2D eigenvalue weighted by Crippen LogP contribution is -2.13. The Balaban J connectivity index is 0.000000352. The predicted octanol–water partition coefficient (Wildman–Crippen LogP) is 8.37. The number of nitrogens with one attached hydrogen (secondary N) is 2. The molecule has 316 valence electrons. The van der Waals surface area contributed by atoms with Gasteiger partial charge in [-0.15, -0.1) is 0 Å². The van der Waals surface area contributed by atoms with Crippen molar-refractivity contribution >= 4 is 224 Å². The fraction of sp³-hybridized carbons (Fsp3) is 0.160. The monoisotopic (exact) mass is 1160 g/mol. The number of hydrogen-bond acceptors (Lipinski definition) is 24. The lowest BCUT2D eigenvalue weighted by molar-refractivity contribution is 0.108. The summed E-state index contributed by atoms with van der Waals surface area (Å²) in [6.07, 6.45) is 0. The molecule has 0 aliphatic carbocycles. The molecule has 13 nitrogen and oxygen atoms in total. The number of rotatable bonds is 3. The van der Waals surface area contributed by atoms with Crippen molar-refractivity contribution in [3.8, 4) is 15.8 Å². The smallest absolute Gasteiger partial charge is 0.337 e. The third kappa shape index (κ3) is 24.9. The van der Waals surface area contributed by atoms with Crippen molar-refractivity contribution in [1.82, 2.24) is 25.6 Å². The molecular weight excluding hydrogens is 1140 g/mol. The van der Waals surface area contributed by atoms with Crippen LogP contribution in [-0.2, 0) is 84.5 Å². The largest absolute Gasteiger partial charge is 0.470 e. The number of amides is 2. The first kappa shape index (κ1) is 55.6. The zero-order valence-corrected chi connectivity index (χ0v) is 45.2. The third-order valence-corrected chi connectivity index (χ3v) is 27.8. The summed E-state index contributed by atoms with van der Waals surface area (Å²) in [6.45, 7) is 2.59. The van der Waals surface area contributed by atoms with Gasteiger partial charge in [0.1, 0.15) is 5.01 Å². The minimum atomic E-state index is -3.39. The van der Waals surface area contributed by atoms with Crippen molar-refractivity contribution in [2.45, 2.75) is 11.8 Å². The molecule has 4 N–H and O–H groups in total. The SMILES string of the molecule is CCOc1nc(=S)ss1.CNC(=O)SSC(=O)NC.Nc1nc(=S)ss1.O=C1SS(=O)(=O)c2ccccc21.O=c1nc(-c2ccccc2)ss1.S=S=S=S=S=S=S=S. The van der Waals surface area contributed by atoms with E-state index < -0.39 is 8.87 Å². The van der Waals surface area contributed by atoms with Crippen molar-refractivity contribution in [2.75, 3.05) is 26.4 Å². The molecule has 0 radical (unpaired) electrons. The Morgan fingerprint density at radius 2 is 1.31 bits per heavy atom. The van der Waals surface area contributed by atoms with Crippen LogP contribution in [0.4, 0.5) is 14.7 Å². The molecule has 2 amide bonds. The summed E-state index contributed by atoms with van der Waals surface area (Å²) in [5, 5.41) is 5.96. The minimum Gasteiger partial charge on any atom is -0.470 e. The van der Waals surface area contributed by atoms with Gasteiger partial charge in [-0.05, 0) is 95.2 Å². The van der Waals surface area contributed by atoms with E-state index in [1.165, 1.54) is 106 Å². The summed E-state index contributed by atoms with van der Waals surface area (Å²) >= 11 is 18.7. The Kier molecular flexibility index (Phi) is 31.8. The molecule has 33 heteroatoms. The van der Waals surface area contributed by atoms with Crippen molar-refractivity contribution in [2.24, 2.45) is 0 Å². The second-order valence-electron chi connectivity index (χ2n) is 8.31. The molecule has 1 aliphatic heterocycles. The van der Waals surface area contributed by atoms with Crippen LogP contribution in [-0.4, -0.2) is 59.7 Å². The van der Waals surface area contributed by atoms with E-state index in [1.54, 1.807) is 47.7 Å². The topological polar surface area (TPSA) is 200 Å². The van der Waals surface area contributed by atoms with E-state index in [1.807, 2.05) is 37.3 Å². The van der Waals surface area contributed by atoms with Gasteiger partial charge in [-0.25, -0.2) is 8.42 Å². The molecule has 0 spiro atoms. The average molecular weight is 1160 g/mol. The van der Waals surface area contributed by atoms with Crippen molar-refractivity contribution < 1.29 is 27.5 Å². The van der Waals surface area contributed by atoms with Crippen LogP contribution in [0.3, 0.4) is 0 Å². The number of nitrogens with two attached hydrogens (primary N) is 1. The van der Waals surface area contributed by atoms with Gasteiger partial charge in [-0.1, -0.05) is 52.8 Å². The molecule has 4 heterocycles. The van der Waals surface area contributed by atoms with Gasteiger partial charge in [0.25, 0.3) is 15.7 Å². The van der Waals surface area contributed by atoms with Gasteiger partial charge in [0, 0.05) is 122 Å². The molecule has 6 rings (SSSR count). The highest BCUT2D eigenvalue weighted by atomic mass is 33.4. The molecule has 0 saturated heterocycles. The maximum atomic E-state index is 11.2. The fourth-order valence-electron chi connectivity index (χ4n) is 2.70. The van der Waals surface area contributed by atoms with Crippen molar-refractivity contribution in [3.05, 3.63) is 77.7 Å². The molecule has 58 heavy (non-hydrogen) atoms. The predicted molar refractivity (Wildman–Crippen MR) is 277 cm³/mol. The van der Waals surface area contributed by atoms with E-state index in [4.69, 9.17) is 22.7 Å². The maximum Gasteiger partial charge on any atom is 0.337 e. The van der Waals surface area contributed by atoms with Gasteiger partial charge in [0.2, 0.25) is 14.0 Å². The van der Waals surface area contributed by atoms with E-state index >= 15 is 0 Å². The second kappa shape index (κ2) is 33.2. The highest BCUT2D eigenvalue weighted by Gasteiger charge is 2.33. The summed E-state index contributed by atoms with van der Waals surface area (Å²) < 4.78 is 28.8. The molecule has 2 aromatic carbocycles. The summed E-state index contributed by atoms with van der Waals surface area (Å²) in [4.78, 5) is 54.4. The van der Waals surface area contributed by atoms with E-state index in [2.05, 4.69) is 60.2 Å². The van der Waals surface area contributed by atoms with Crippen LogP contribution in [0.25, 0.3) is 10.6 Å². The van der Waals surface area contributed by atoms with Crippen LogP contribution in [0.5, 0.6) is 5.19 Å². The number of fused-ring (bicyclic) bond motifs is 1. The van der Waals surface area contributed by atoms with Gasteiger partial charge in [0.15, 0.2) is 13.0 Å². The Hall–Kier alpha value is -0.410. The number of anilines is 1. The number of nitrogens with zero attached hydrogens (tertiary/aromatic N) is 3. The number of aromatic nitrogens is 3. The number of nitrogen functional groups attached to an aromatic ring is 1. The molecule has 0 atom stereocenters. The Labute approximate surface area is 403 Å². The van der Waals surface area contributed by atoms with Crippen LogP contribution in [0.15, 0.2) is 64.3 Å². The lowest BCUT2D eigenvalue weighted by atomic mass is 10.2. The molecule has 5 aromatic rings. The number of ether oxygens (including phenoxy) is 1. The Morgan fingerprint density at radius 1 is 0.759 bits per heavy atom. The maximum absolute atomic E-state index is 11.2. The Morgan fingerprint density at radius 3 is 1.72 bits per heavy atom. The first-order valence-corrected chi connectivity index (χ1v) is 35.7. The summed E-state index contributed by atoms with van der Waals surface area (Å²) in [5.41, 5.74) is 6.54. The average Bonchev–Trinajstić information content (AvgIpc) is 4.00. The standard InChI is InChI=1S/C8H5NOS2.C7H4O3S2.C4H8N2O2S2.C4H5NOS3.C2H2N2S3.S8/c10-8-9-7(11-12-8)6-4-2-1-3-5-6;8-7-5-3-1-2-4-6(5)12(9,10)11-7;1-5-3(7)9-10-4(8)6-2;1-2-6-3-5-4(7)9-8-3;3-1-4-2(5)7-6-1;1-3-5-7-8-6-4-2/h1-5H;1-4H;1-2H3,(H,5,7)(H,6,8);2H2,1H3;(H2,3,4,5);. The summed E-state index contributed by atoms with van der Waals surface area (Å²) in [6, 6.07) is 15.9. The van der Waals surface area contributed by atoms with Gasteiger partial charge >= 0.3 is 4.87 Å². The van der Waals surface area contributed by atoms with Gasteiger partial charge in [0.05, 0.1) is 22.3 Å². The third-order valence-electron chi connectivity index (χ3n) is 4.74. The van der Waals surface area contributed by atoms with E-state index in [0.717, 1.165) is 32.2 Å². The first-order valence-electron chi connectivity index (χ1n) is 14.2. The Bertz CT molecular complexity index is 2570. The zero-order valence-electron chi connectivity index (χ0n) is 28.8. The lowest BCUT2D eigenvalue weighted by Gasteiger charge is -1.95. The van der Waals surface area contributed by atoms with Crippen molar-refractivity contribution in [3.63, 3.8) is 0 Å². The summed E-state index contributed by atoms with van der Waals surface area (Å²) in [7, 11) is 19.2. The second-order valence-corrected chi connectivity index (χ2v) is 32.3. The van der Waals surface area contributed by atoms with Gasteiger partial charge < -0.3 is 21.1 Å². The number of carbonyl (C=O) groups excluding carboxylic acids is 3. The molecule has 0 bridgehead atoms. The molecule has 3 aromatic heterocycles. The van der Waals surface area contributed by atoms with Gasteiger partial charge in [-0.2, -0.15) is 15.0 Å². The number of carbonyl (C=O) groups is 3. The first-order chi connectivity index (χ1) is 27.7. The van der Waals surface area contributed by atoms with Crippen LogP contribution < -0.4 is 26.0 Å². The zero-order chi connectivity index (χ0) is 43.3. The van der Waals surface area contributed by atoms with Crippen molar-refractivity contribution in [1.29, 1.82) is 0 Å². The normalized spacial score (nSPS) is 11.0. The molecule has 1 aliphatic rings. The summed E-state index contributed by atoms with van der Waals surface area (Å²) in [5.74, 6) is 0. The number of hydrogen-bond donors (Lipinski definition) is 3. The van der Waals surface area contributed by atoms with E-state index in [-0.39, 0.29) is 25.4 Å². The molecular formula is C25H24N6O7S20. The highest BCUT2D eigenvalue weighted by Crippen LogP contribution is 2.37. The molecule has 0 fully saturated rings. The van der Waals surface area contributed by atoms with Crippen LogP contribution in [0.1, 0.15) is 17.3 Å². The van der Waals surface area contributed by atoms with Crippen LogP contribution in [0.2, 0.25) is 0 Å².